The van der Waals surface area contributed by atoms with E-state index >= 15 is 0 Å². The minimum atomic E-state index is -0.743. The van der Waals surface area contributed by atoms with Crippen LogP contribution in [0.1, 0.15) is 49.9 Å². The van der Waals surface area contributed by atoms with Crippen LogP contribution in [-0.2, 0) is 11.1 Å². The van der Waals surface area contributed by atoms with Gasteiger partial charge in [0.25, 0.3) is 0 Å². The Kier molecular flexibility index (Phi) is 8.77. The molecule has 15 rings (SSSR count). The van der Waals surface area contributed by atoms with Gasteiger partial charge in [-0.15, -0.1) is 0 Å². The fourth-order valence-corrected chi connectivity index (χ4v) is 13.8. The van der Waals surface area contributed by atoms with E-state index in [0.29, 0.717) is 16.8 Å². The SMILES string of the molecule is CC1(C)c2c(C#N)c(-n3c4ccccc4c4cc5c(cc43)c3ccccc3n5-c3ccccc3)c(C#N)c(-n3c4ccccc4c4cc5c(cc43)c3ccccc3n5-c3ccccc3)c2C(C)(C)N1c1ccccc1. The predicted octanol–water partition coefficient (Wildman–Crippen LogP) is 16.8. The molecule has 0 fully saturated rings. The van der Waals surface area contributed by atoms with Crippen LogP contribution in [0.2, 0.25) is 0 Å². The summed E-state index contributed by atoms with van der Waals surface area (Å²) in [4.78, 5) is 2.47. The highest BCUT2D eigenvalue weighted by molar-refractivity contribution is 6.21. The van der Waals surface area contributed by atoms with Crippen LogP contribution in [0.3, 0.4) is 0 Å². The van der Waals surface area contributed by atoms with Gasteiger partial charge in [-0.25, -0.2) is 0 Å². The highest BCUT2D eigenvalue weighted by Gasteiger charge is 2.54. The molecule has 7 nitrogen and oxygen atoms in total. The van der Waals surface area contributed by atoms with Crippen LogP contribution in [0.5, 0.6) is 0 Å². The van der Waals surface area contributed by atoms with Gasteiger partial charge in [-0.2, -0.15) is 10.5 Å². The maximum absolute atomic E-state index is 12.4. The Morgan fingerprint density at radius 2 is 0.600 bits per heavy atom. The number of fused-ring (bicyclic) bond motifs is 13. The van der Waals surface area contributed by atoms with E-state index in [2.05, 4.69) is 275 Å². The second-order valence-electron chi connectivity index (χ2n) is 21.1. The number of anilines is 1. The van der Waals surface area contributed by atoms with Gasteiger partial charge >= 0.3 is 0 Å². The van der Waals surface area contributed by atoms with E-state index in [1.165, 1.54) is 0 Å². The lowest BCUT2D eigenvalue weighted by Gasteiger charge is -2.43. The molecule has 75 heavy (non-hydrogen) atoms. The van der Waals surface area contributed by atoms with Crippen LogP contribution < -0.4 is 4.90 Å². The van der Waals surface area contributed by atoms with E-state index in [1.807, 2.05) is 0 Å². The second kappa shape index (κ2) is 15.4. The largest absolute Gasteiger partial charge is 0.353 e. The van der Waals surface area contributed by atoms with E-state index in [1.54, 1.807) is 0 Å². The van der Waals surface area contributed by atoms with Crippen molar-refractivity contribution in [2.75, 3.05) is 4.90 Å². The summed E-state index contributed by atoms with van der Waals surface area (Å²) >= 11 is 0. The Morgan fingerprint density at radius 1 is 0.293 bits per heavy atom. The van der Waals surface area contributed by atoms with Crippen LogP contribution in [0.25, 0.3) is 110 Å². The topological polar surface area (TPSA) is 70.5 Å². The summed E-state index contributed by atoms with van der Waals surface area (Å²) in [5, 5.41) is 33.2. The summed E-state index contributed by atoms with van der Waals surface area (Å²) in [6, 6.07) is 81.1. The third kappa shape index (κ3) is 5.62. The van der Waals surface area contributed by atoms with Gasteiger partial charge in [-0.1, -0.05) is 127 Å². The lowest BCUT2D eigenvalue weighted by atomic mass is 9.82. The van der Waals surface area contributed by atoms with Gasteiger partial charge in [0.15, 0.2) is 0 Å². The minimum Gasteiger partial charge on any atom is -0.353 e. The van der Waals surface area contributed by atoms with Crippen molar-refractivity contribution in [3.8, 4) is 34.9 Å². The first-order chi connectivity index (χ1) is 36.7. The zero-order valence-electron chi connectivity index (χ0n) is 41.8. The van der Waals surface area contributed by atoms with Crippen molar-refractivity contribution in [2.45, 2.75) is 38.8 Å². The first kappa shape index (κ1) is 42.8. The first-order valence-corrected chi connectivity index (χ1v) is 25.7. The van der Waals surface area contributed by atoms with E-state index < -0.39 is 11.1 Å². The average Bonchev–Trinajstić information content (AvgIpc) is 4.25. The lowest BCUT2D eigenvalue weighted by molar-refractivity contribution is 0.402. The number of nitriles is 2. The van der Waals surface area contributed by atoms with Crippen LogP contribution in [0.15, 0.2) is 212 Å². The standard InChI is InChI=1S/C68H47N7/c1-67(2)63-53(40-69)65(73-57-34-20-16-30-47(57)51-36-59-49(38-61(51)73)45-28-14-18-32-55(45)71(59)42-22-8-5-9-23-42)54(41-70)66(64(63)68(3,4)75(67)44-26-12-7-13-27-44)74-58-35-21-17-31-48(58)52-37-60-50(39-62(52)74)46-29-15-19-33-56(46)72(60)43-24-10-6-11-25-43/h5-39H,1-4H3. The molecule has 5 heterocycles. The van der Waals surface area contributed by atoms with Gasteiger partial charge < -0.3 is 23.2 Å². The highest BCUT2D eigenvalue weighted by Crippen LogP contribution is 2.58. The normalized spacial score (nSPS) is 14.0. The smallest absolute Gasteiger partial charge is 0.104 e. The van der Waals surface area contributed by atoms with Crippen molar-refractivity contribution >= 4 is 92.9 Å². The molecule has 0 N–H and O–H groups in total. The molecule has 0 unspecified atom stereocenters. The number of hydrogen-bond donors (Lipinski definition) is 0. The van der Waals surface area contributed by atoms with Gasteiger partial charge in [-0.05, 0) is 113 Å². The van der Waals surface area contributed by atoms with Gasteiger partial charge in [-0.3, -0.25) is 0 Å². The number of hydrogen-bond acceptors (Lipinski definition) is 3. The van der Waals surface area contributed by atoms with Crippen LogP contribution >= 0.6 is 0 Å². The van der Waals surface area contributed by atoms with E-state index in [-0.39, 0.29) is 0 Å². The quantitative estimate of drug-likeness (QED) is 0.173. The molecule has 7 heteroatoms. The minimum absolute atomic E-state index is 0.438. The molecule has 0 saturated carbocycles. The third-order valence-electron chi connectivity index (χ3n) is 16.4. The number of benzene rings is 10. The first-order valence-electron chi connectivity index (χ1n) is 25.7. The average molecular weight is 962 g/mol. The van der Waals surface area contributed by atoms with E-state index in [0.717, 1.165) is 121 Å². The molecule has 0 radical (unpaired) electrons. The Hall–Kier alpha value is -9.82. The summed E-state index contributed by atoms with van der Waals surface area (Å²) < 4.78 is 9.33. The molecule has 1 aliphatic rings. The molecule has 1 aliphatic heterocycles. The molecule has 10 aromatic carbocycles. The van der Waals surface area contributed by atoms with Crippen molar-refractivity contribution in [2.24, 2.45) is 0 Å². The summed E-state index contributed by atoms with van der Waals surface area (Å²) in [5.41, 5.74) is 14.1. The number of para-hydroxylation sites is 7. The maximum atomic E-state index is 12.4. The Morgan fingerprint density at radius 3 is 0.987 bits per heavy atom. The molecule has 0 aliphatic carbocycles. The molecule has 0 amide bonds. The van der Waals surface area contributed by atoms with Gasteiger partial charge in [0.2, 0.25) is 0 Å². The molecule has 0 bridgehead atoms. The summed E-state index contributed by atoms with van der Waals surface area (Å²) in [5.74, 6) is 0. The van der Waals surface area contributed by atoms with Gasteiger partial charge in [0.1, 0.15) is 17.7 Å². The zero-order chi connectivity index (χ0) is 50.5. The molecular formula is C68H47N7. The fraction of sp³-hybridized carbons (Fsp3) is 0.0882. The number of rotatable bonds is 5. The molecule has 0 spiro atoms. The third-order valence-corrected chi connectivity index (χ3v) is 16.4. The lowest BCUT2D eigenvalue weighted by Crippen LogP contribution is -2.45. The molecule has 14 aromatic rings. The summed E-state index contributed by atoms with van der Waals surface area (Å²) in [6.45, 7) is 9.02. The van der Waals surface area contributed by atoms with Crippen LogP contribution in [-0.4, -0.2) is 18.3 Å². The van der Waals surface area contributed by atoms with E-state index in [4.69, 9.17) is 0 Å². The highest BCUT2D eigenvalue weighted by atomic mass is 15.3. The van der Waals surface area contributed by atoms with Crippen molar-refractivity contribution < 1.29 is 0 Å². The Labute approximate surface area is 432 Å². The molecule has 0 atom stereocenters. The number of nitrogens with zero attached hydrogens (tertiary/aromatic N) is 7. The van der Waals surface area contributed by atoms with Crippen LogP contribution in [0, 0.1) is 22.7 Å². The molecular weight excluding hydrogens is 915 g/mol. The summed E-state index contributed by atoms with van der Waals surface area (Å²) in [6.07, 6.45) is 0. The van der Waals surface area contributed by atoms with Crippen LogP contribution in [0.4, 0.5) is 5.69 Å². The molecule has 354 valence electrons. The Bertz CT molecular complexity index is 4840. The van der Waals surface area contributed by atoms with Gasteiger partial charge in [0.05, 0.1) is 72.1 Å². The Balaban J connectivity index is 1.14. The van der Waals surface area contributed by atoms with Crippen molar-refractivity contribution in [3.05, 3.63) is 235 Å². The van der Waals surface area contributed by atoms with Gasteiger partial charge in [0, 0.05) is 71.3 Å². The molecule has 4 aromatic heterocycles. The predicted molar refractivity (Wildman–Crippen MR) is 308 cm³/mol. The number of aromatic nitrogens is 4. The van der Waals surface area contributed by atoms with Crippen molar-refractivity contribution in [1.82, 2.24) is 18.3 Å². The maximum Gasteiger partial charge on any atom is 0.104 e. The fourth-order valence-electron chi connectivity index (χ4n) is 13.8. The van der Waals surface area contributed by atoms with Crippen molar-refractivity contribution in [1.29, 1.82) is 10.5 Å². The van der Waals surface area contributed by atoms with E-state index in [9.17, 15) is 10.5 Å². The zero-order valence-corrected chi connectivity index (χ0v) is 41.8. The summed E-state index contributed by atoms with van der Waals surface area (Å²) in [7, 11) is 0. The molecule has 0 saturated heterocycles. The van der Waals surface area contributed by atoms with Crippen molar-refractivity contribution in [3.63, 3.8) is 0 Å². The second-order valence-corrected chi connectivity index (χ2v) is 21.1. The monoisotopic (exact) mass is 961 g/mol.